The lowest BCUT2D eigenvalue weighted by molar-refractivity contribution is -0.140. The van der Waals surface area contributed by atoms with Crippen LogP contribution in [0.3, 0.4) is 0 Å². The first-order chi connectivity index (χ1) is 22.8. The van der Waals surface area contributed by atoms with E-state index in [-0.39, 0.29) is 23.5 Å². The number of nitrogens with one attached hydrogen (secondary N) is 1. The van der Waals surface area contributed by atoms with Crippen molar-refractivity contribution in [2.45, 2.75) is 57.1 Å². The molecule has 48 heavy (non-hydrogen) atoms. The van der Waals surface area contributed by atoms with Gasteiger partial charge < -0.3 is 19.7 Å². The molecule has 4 aromatic carbocycles. The summed E-state index contributed by atoms with van der Waals surface area (Å²) >= 11 is 0. The highest BCUT2D eigenvalue weighted by Gasteiger charge is 2.35. The maximum absolute atomic E-state index is 14.6. The van der Waals surface area contributed by atoms with Crippen molar-refractivity contribution >= 4 is 27.5 Å². The van der Waals surface area contributed by atoms with Crippen LogP contribution in [0.25, 0.3) is 0 Å². The van der Waals surface area contributed by atoms with Gasteiger partial charge in [-0.25, -0.2) is 12.8 Å². The lowest BCUT2D eigenvalue weighted by Crippen LogP contribution is -2.56. The molecule has 1 atom stereocenters. The summed E-state index contributed by atoms with van der Waals surface area (Å²) in [6.07, 6.45) is 0.167. The van der Waals surface area contributed by atoms with Crippen LogP contribution in [0, 0.1) is 5.82 Å². The second kappa shape index (κ2) is 15.8. The molecule has 0 aliphatic carbocycles. The lowest BCUT2D eigenvalue weighted by Gasteiger charge is -2.35. The second-order valence-electron chi connectivity index (χ2n) is 12.2. The highest BCUT2D eigenvalue weighted by molar-refractivity contribution is 7.92. The van der Waals surface area contributed by atoms with Crippen molar-refractivity contribution < 1.29 is 31.9 Å². The van der Waals surface area contributed by atoms with Crippen LogP contribution in [0.2, 0.25) is 0 Å². The van der Waals surface area contributed by atoms with E-state index in [1.807, 2.05) is 58.0 Å². The molecule has 0 aromatic heterocycles. The molecule has 2 amide bonds. The van der Waals surface area contributed by atoms with E-state index in [1.165, 1.54) is 48.4 Å². The van der Waals surface area contributed by atoms with E-state index < -0.39 is 45.8 Å². The third-order valence-corrected chi connectivity index (χ3v) is 9.16. The predicted octanol–water partition coefficient (Wildman–Crippen LogP) is 5.98. The van der Waals surface area contributed by atoms with Gasteiger partial charge in [-0.2, -0.15) is 0 Å². The lowest BCUT2D eigenvalue weighted by atomic mass is 10.0. The van der Waals surface area contributed by atoms with E-state index in [4.69, 9.17) is 9.47 Å². The number of sulfonamides is 1. The van der Waals surface area contributed by atoms with Crippen molar-refractivity contribution in [1.29, 1.82) is 0 Å². The van der Waals surface area contributed by atoms with Crippen molar-refractivity contribution in [2.24, 2.45) is 0 Å². The Morgan fingerprint density at radius 1 is 0.854 bits per heavy atom. The van der Waals surface area contributed by atoms with Crippen LogP contribution in [0.4, 0.5) is 10.1 Å². The van der Waals surface area contributed by atoms with Crippen LogP contribution < -0.4 is 19.1 Å². The van der Waals surface area contributed by atoms with Gasteiger partial charge in [0.25, 0.3) is 10.0 Å². The Kier molecular flexibility index (Phi) is 11.8. The van der Waals surface area contributed by atoms with E-state index in [2.05, 4.69) is 5.32 Å². The quantitative estimate of drug-likeness (QED) is 0.176. The number of hydrogen-bond acceptors (Lipinski definition) is 6. The molecule has 0 heterocycles. The molecular weight excluding hydrogens is 633 g/mol. The summed E-state index contributed by atoms with van der Waals surface area (Å²) in [5.41, 5.74) is 0.951. The molecule has 0 spiro atoms. The second-order valence-corrected chi connectivity index (χ2v) is 14.1. The fourth-order valence-corrected chi connectivity index (χ4v) is 6.53. The molecule has 11 heteroatoms. The molecule has 4 rings (SSSR count). The monoisotopic (exact) mass is 675 g/mol. The van der Waals surface area contributed by atoms with Gasteiger partial charge in [-0.15, -0.1) is 0 Å². The Morgan fingerprint density at radius 3 is 2.10 bits per heavy atom. The molecule has 1 N–H and O–H groups in total. The molecule has 0 saturated heterocycles. The first-order valence-electron chi connectivity index (χ1n) is 15.6. The fourth-order valence-electron chi connectivity index (χ4n) is 5.11. The number of hydrogen-bond donors (Lipinski definition) is 1. The van der Waals surface area contributed by atoms with Crippen LogP contribution in [-0.4, -0.2) is 57.0 Å². The van der Waals surface area contributed by atoms with Gasteiger partial charge in [-0.1, -0.05) is 42.5 Å². The molecule has 0 radical (unpaired) electrons. The van der Waals surface area contributed by atoms with Crippen LogP contribution in [-0.2, 0) is 32.6 Å². The van der Waals surface area contributed by atoms with Crippen molar-refractivity contribution in [3.05, 3.63) is 120 Å². The number of carbonyl (C=O) groups excluding carboxylic acids is 2. The van der Waals surface area contributed by atoms with Gasteiger partial charge in [-0.3, -0.25) is 13.9 Å². The first-order valence-corrected chi connectivity index (χ1v) is 17.0. The Hall–Kier alpha value is -4.90. The zero-order chi connectivity index (χ0) is 34.9. The fraction of sp³-hybridized carbons (Fsp3) is 0.297. The number of amides is 2. The minimum Gasteiger partial charge on any atom is -0.497 e. The Morgan fingerprint density at radius 2 is 1.50 bits per heavy atom. The molecule has 4 aromatic rings. The first kappa shape index (κ1) is 35.9. The number of ether oxygens (including phenoxy) is 2. The number of rotatable bonds is 14. The van der Waals surface area contributed by atoms with E-state index in [1.54, 1.807) is 24.3 Å². The summed E-state index contributed by atoms with van der Waals surface area (Å²) in [5.74, 6) is -0.555. The number of carbonyl (C=O) groups is 2. The summed E-state index contributed by atoms with van der Waals surface area (Å²) in [5, 5.41) is 3.00. The topological polar surface area (TPSA) is 105 Å². The van der Waals surface area contributed by atoms with Crippen LogP contribution in [0.15, 0.2) is 108 Å². The molecule has 0 bridgehead atoms. The number of benzene rings is 4. The maximum Gasteiger partial charge on any atom is 0.264 e. The van der Waals surface area contributed by atoms with E-state index >= 15 is 0 Å². The van der Waals surface area contributed by atoms with E-state index in [0.717, 1.165) is 22.0 Å². The number of methoxy groups -OCH3 is 1. The molecule has 0 fully saturated rings. The summed E-state index contributed by atoms with van der Waals surface area (Å²) in [6, 6.07) is 26.1. The van der Waals surface area contributed by atoms with Gasteiger partial charge >= 0.3 is 0 Å². The molecule has 9 nitrogen and oxygen atoms in total. The summed E-state index contributed by atoms with van der Waals surface area (Å²) in [7, 11) is -2.83. The van der Waals surface area contributed by atoms with Crippen LogP contribution in [0.5, 0.6) is 11.5 Å². The average molecular weight is 676 g/mol. The molecular formula is C37H42FN3O6S. The zero-order valence-corrected chi connectivity index (χ0v) is 28.7. The zero-order valence-electron chi connectivity index (χ0n) is 27.9. The van der Waals surface area contributed by atoms with Gasteiger partial charge in [0.05, 0.1) is 24.3 Å². The minimum absolute atomic E-state index is 0.0224. The van der Waals surface area contributed by atoms with Crippen LogP contribution in [0.1, 0.15) is 38.8 Å². The van der Waals surface area contributed by atoms with Gasteiger partial charge in [0.2, 0.25) is 11.8 Å². The Labute approximate surface area is 282 Å². The average Bonchev–Trinajstić information content (AvgIpc) is 3.05. The van der Waals surface area contributed by atoms with Crippen molar-refractivity contribution in [2.75, 3.05) is 24.6 Å². The summed E-state index contributed by atoms with van der Waals surface area (Å²) in [6.45, 7) is 7.06. The number of halogens is 1. The maximum atomic E-state index is 14.6. The third kappa shape index (κ3) is 9.57. The Balaban J connectivity index is 1.81. The van der Waals surface area contributed by atoms with Crippen LogP contribution >= 0.6 is 0 Å². The molecule has 0 saturated carbocycles. The third-order valence-electron chi connectivity index (χ3n) is 7.37. The standard InChI is InChI=1S/C37H42FN3O6S/c1-6-47-31-19-21-33(22-20-31)48(44,45)41(30-17-15-29(38)16-18-30)26-35(42)40(25-28-13-10-14-32(23-28)46-5)34(36(43)39-37(2,3)4)24-27-11-8-7-9-12-27/h7-23,34H,6,24-26H2,1-5H3,(H,39,43)/t34-/m0/s1. The summed E-state index contributed by atoms with van der Waals surface area (Å²) < 4.78 is 54.2. The highest BCUT2D eigenvalue weighted by atomic mass is 32.2. The minimum atomic E-state index is -4.36. The molecule has 254 valence electrons. The van der Waals surface area contributed by atoms with Crippen molar-refractivity contribution in [1.82, 2.24) is 10.2 Å². The smallest absolute Gasteiger partial charge is 0.264 e. The molecule has 0 aliphatic heterocycles. The SMILES string of the molecule is CCOc1ccc(S(=O)(=O)N(CC(=O)N(Cc2cccc(OC)c2)[C@@H](Cc2ccccc2)C(=O)NC(C)(C)C)c2ccc(F)cc2)cc1. The number of anilines is 1. The Bertz CT molecular complexity index is 1780. The van der Waals surface area contributed by atoms with E-state index in [9.17, 15) is 22.4 Å². The molecule has 0 aliphatic rings. The summed E-state index contributed by atoms with van der Waals surface area (Å²) in [4.78, 5) is 29.9. The van der Waals surface area contributed by atoms with Gasteiger partial charge in [0.1, 0.15) is 29.9 Å². The van der Waals surface area contributed by atoms with Gasteiger partial charge in [0.15, 0.2) is 0 Å². The highest BCUT2D eigenvalue weighted by Crippen LogP contribution is 2.27. The van der Waals surface area contributed by atoms with Gasteiger partial charge in [-0.05, 0) is 99.5 Å². The van der Waals surface area contributed by atoms with Gasteiger partial charge in [0, 0.05) is 18.5 Å². The normalized spacial score (nSPS) is 12.1. The van der Waals surface area contributed by atoms with Crippen molar-refractivity contribution in [3.8, 4) is 11.5 Å². The van der Waals surface area contributed by atoms with E-state index in [0.29, 0.717) is 23.7 Å². The van der Waals surface area contributed by atoms with Crippen molar-refractivity contribution in [3.63, 3.8) is 0 Å². The molecule has 0 unspecified atom stereocenters. The predicted molar refractivity (Wildman–Crippen MR) is 184 cm³/mol. The number of nitrogens with zero attached hydrogens (tertiary/aromatic N) is 2. The largest absolute Gasteiger partial charge is 0.497 e.